The van der Waals surface area contributed by atoms with Gasteiger partial charge in [0.2, 0.25) is 0 Å². The summed E-state index contributed by atoms with van der Waals surface area (Å²) in [6.45, 7) is 0.862. The zero-order chi connectivity index (χ0) is 7.98. The molecule has 1 unspecified atom stereocenters. The number of ether oxygens (including phenoxy) is 1. The predicted molar refractivity (Wildman–Crippen MR) is 32.2 cm³/mol. The Hall–Kier alpha value is -0.225. The normalized spacial score (nSPS) is 23.4. The van der Waals surface area contributed by atoms with Crippen molar-refractivity contribution in [3.63, 3.8) is 0 Å². The van der Waals surface area contributed by atoms with E-state index in [9.17, 15) is 12.9 Å². The Bertz CT molecular complexity index is 76.1. The minimum absolute atomic E-state index is 0.0463. The van der Waals surface area contributed by atoms with Gasteiger partial charge in [0.05, 0.1) is 0 Å². The third-order valence-corrected chi connectivity index (χ3v) is 0.965. The summed E-state index contributed by atoms with van der Waals surface area (Å²) in [7, 11) is -3.67. The van der Waals surface area contributed by atoms with Crippen molar-refractivity contribution in [3.8, 4) is 0 Å². The fourth-order valence-electron chi connectivity index (χ4n) is 0.603. The molecule has 0 aromatic heterocycles. The summed E-state index contributed by atoms with van der Waals surface area (Å²) in [4.78, 5) is 0. The molecule has 1 atom stereocenters. The van der Waals surface area contributed by atoms with Gasteiger partial charge in [0.25, 0.3) is 0 Å². The van der Waals surface area contributed by atoms with Gasteiger partial charge < -0.3 is 10.5 Å². The van der Waals surface area contributed by atoms with Gasteiger partial charge >= 0.3 is 7.54 Å². The minimum Gasteiger partial charge on any atom is -0.364 e. The molecule has 60 valence electrons. The molecule has 0 spiro atoms. The van der Waals surface area contributed by atoms with Gasteiger partial charge in [-0.15, -0.1) is 0 Å². The molecule has 0 radical (unpaired) electrons. The van der Waals surface area contributed by atoms with Crippen molar-refractivity contribution in [2.24, 2.45) is 5.73 Å². The molecule has 0 aromatic rings. The first kappa shape index (κ1) is 9.77. The van der Waals surface area contributed by atoms with Gasteiger partial charge in [0, 0.05) is 6.61 Å². The van der Waals surface area contributed by atoms with Crippen LogP contribution in [0.3, 0.4) is 0 Å². The monoisotopic (exact) mass is 155 g/mol. The van der Waals surface area contributed by atoms with Crippen molar-refractivity contribution in [1.82, 2.24) is 0 Å². The molecule has 1 aliphatic heterocycles. The van der Waals surface area contributed by atoms with Gasteiger partial charge in [-0.2, -0.15) is 0 Å². The van der Waals surface area contributed by atoms with E-state index in [1.165, 1.54) is 0 Å². The molecule has 0 saturated carbocycles. The summed E-state index contributed by atoms with van der Waals surface area (Å²) in [5.74, 6) is 0. The second-order valence-corrected chi connectivity index (χ2v) is 1.80. The summed E-state index contributed by atoms with van der Waals surface area (Å²) < 4.78 is 33.9. The second-order valence-electron chi connectivity index (χ2n) is 1.80. The quantitative estimate of drug-likeness (QED) is 0.528. The molecule has 2 N–H and O–H groups in total. The highest BCUT2D eigenvalue weighted by molar-refractivity contribution is 6.33. The van der Waals surface area contributed by atoms with Crippen molar-refractivity contribution in [3.05, 3.63) is 0 Å². The average Bonchev–Trinajstić information content (AvgIpc) is 2.15. The Kier molecular flexibility index (Phi) is 5.43. The molecule has 1 fully saturated rings. The Morgan fingerprint density at radius 3 is 2.00 bits per heavy atom. The van der Waals surface area contributed by atoms with Crippen LogP contribution in [0, 0.1) is 0 Å². The van der Waals surface area contributed by atoms with Crippen LogP contribution < -0.4 is 5.73 Å². The summed E-state index contributed by atoms with van der Waals surface area (Å²) in [6.07, 6.45) is 2.23. The number of nitrogens with two attached hydrogens (primary N) is 1. The maximum absolute atomic E-state index is 9.67. The number of hydrogen-bond donors (Lipinski definition) is 1. The van der Waals surface area contributed by atoms with Gasteiger partial charge in [-0.05, 0) is 12.8 Å². The summed E-state index contributed by atoms with van der Waals surface area (Å²) in [5.41, 5.74) is 5.31. The lowest BCUT2D eigenvalue weighted by atomic mass is 10.3. The maximum atomic E-state index is 9.67. The van der Waals surface area contributed by atoms with Gasteiger partial charge in [-0.25, -0.2) is 0 Å². The third kappa shape index (κ3) is 7.77. The summed E-state index contributed by atoms with van der Waals surface area (Å²) >= 11 is 0. The molecule has 1 rings (SSSR count). The third-order valence-electron chi connectivity index (χ3n) is 0.965. The van der Waals surface area contributed by atoms with Gasteiger partial charge in [0.15, 0.2) is 0 Å². The van der Waals surface area contributed by atoms with E-state index in [-0.39, 0.29) is 6.23 Å². The van der Waals surface area contributed by atoms with Crippen LogP contribution in [0.2, 0.25) is 0 Å². The summed E-state index contributed by atoms with van der Waals surface area (Å²) in [5, 5.41) is 0. The van der Waals surface area contributed by atoms with Gasteiger partial charge in [-0.1, -0.05) is 0 Å². The average molecular weight is 155 g/mol. The Labute approximate surface area is 57.8 Å². The predicted octanol–water partition coefficient (Wildman–Crippen LogP) is 0.961. The number of hydrogen-bond acceptors (Lipinski definition) is 2. The molecular weight excluding hydrogens is 146 g/mol. The van der Waals surface area contributed by atoms with E-state index in [0.717, 1.165) is 19.4 Å². The molecule has 2 nitrogen and oxygen atoms in total. The first-order chi connectivity index (χ1) is 4.63. The van der Waals surface area contributed by atoms with Crippen molar-refractivity contribution >= 4 is 7.54 Å². The fourth-order valence-corrected chi connectivity index (χ4v) is 0.603. The van der Waals surface area contributed by atoms with Crippen LogP contribution in [0.4, 0.5) is 12.9 Å². The van der Waals surface area contributed by atoms with Crippen LogP contribution in [0.1, 0.15) is 12.8 Å². The molecule has 1 saturated heterocycles. The van der Waals surface area contributed by atoms with E-state index in [1.54, 1.807) is 0 Å². The van der Waals surface area contributed by atoms with E-state index in [0.29, 0.717) is 0 Å². The SMILES string of the molecule is FB(F)F.NC1CCCO1. The Morgan fingerprint density at radius 1 is 1.40 bits per heavy atom. The molecule has 0 amide bonds. The second kappa shape index (κ2) is 5.55. The lowest BCUT2D eigenvalue weighted by Gasteiger charge is -1.95. The van der Waals surface area contributed by atoms with Crippen LogP contribution in [0.15, 0.2) is 0 Å². The number of rotatable bonds is 0. The van der Waals surface area contributed by atoms with Gasteiger partial charge in [0.1, 0.15) is 6.23 Å². The van der Waals surface area contributed by atoms with Crippen LogP contribution >= 0.6 is 0 Å². The zero-order valence-electron chi connectivity index (χ0n) is 5.40. The highest BCUT2D eigenvalue weighted by Gasteiger charge is 2.07. The summed E-state index contributed by atoms with van der Waals surface area (Å²) in [6, 6.07) is 0. The molecule has 10 heavy (non-hydrogen) atoms. The standard InChI is InChI=1S/C4H9NO.BF3/c5-4-2-1-3-6-4;2-1(3)4/h4H,1-3,5H2;. The van der Waals surface area contributed by atoms with Crippen LogP contribution in [0.5, 0.6) is 0 Å². The van der Waals surface area contributed by atoms with E-state index >= 15 is 0 Å². The van der Waals surface area contributed by atoms with E-state index in [1.807, 2.05) is 0 Å². The lowest BCUT2D eigenvalue weighted by Crippen LogP contribution is -2.16. The Morgan fingerprint density at radius 2 is 1.90 bits per heavy atom. The molecular formula is C4H9BF3NO. The molecule has 1 aliphatic rings. The van der Waals surface area contributed by atoms with Crippen molar-refractivity contribution in [2.75, 3.05) is 6.61 Å². The van der Waals surface area contributed by atoms with Crippen molar-refractivity contribution < 1.29 is 17.7 Å². The largest absolute Gasteiger partial charge is 0.762 e. The Balaban J connectivity index is 0.000000180. The van der Waals surface area contributed by atoms with E-state index in [4.69, 9.17) is 10.5 Å². The molecule has 1 heterocycles. The minimum atomic E-state index is -3.67. The molecule has 0 aliphatic carbocycles. The van der Waals surface area contributed by atoms with Gasteiger partial charge in [-0.3, -0.25) is 12.9 Å². The topological polar surface area (TPSA) is 35.2 Å². The van der Waals surface area contributed by atoms with Crippen LogP contribution in [-0.4, -0.2) is 20.4 Å². The molecule has 6 heteroatoms. The molecule has 0 aromatic carbocycles. The van der Waals surface area contributed by atoms with Crippen LogP contribution in [0.25, 0.3) is 0 Å². The zero-order valence-corrected chi connectivity index (χ0v) is 5.40. The first-order valence-electron chi connectivity index (χ1n) is 2.92. The number of halogens is 3. The maximum Gasteiger partial charge on any atom is 0.762 e. The highest BCUT2D eigenvalue weighted by Crippen LogP contribution is 2.04. The smallest absolute Gasteiger partial charge is 0.364 e. The fraction of sp³-hybridized carbons (Fsp3) is 1.00. The van der Waals surface area contributed by atoms with E-state index in [2.05, 4.69) is 0 Å². The van der Waals surface area contributed by atoms with E-state index < -0.39 is 7.54 Å². The van der Waals surface area contributed by atoms with Crippen molar-refractivity contribution in [1.29, 1.82) is 0 Å². The van der Waals surface area contributed by atoms with Crippen LogP contribution in [-0.2, 0) is 4.74 Å². The van der Waals surface area contributed by atoms with Crippen molar-refractivity contribution in [2.45, 2.75) is 19.1 Å². The lowest BCUT2D eigenvalue weighted by molar-refractivity contribution is 0.116. The highest BCUT2D eigenvalue weighted by atomic mass is 19.4. The first-order valence-corrected chi connectivity index (χ1v) is 2.92. The molecule has 0 bridgehead atoms.